The third kappa shape index (κ3) is 115. The van der Waals surface area contributed by atoms with Gasteiger partial charge in [-0.3, -0.25) is 33.6 Å². The molecule has 0 fully saturated rings. The Bertz CT molecular complexity index is 2550. The summed E-state index contributed by atoms with van der Waals surface area (Å²) in [6, 6.07) is 0. The van der Waals surface area contributed by atoms with Crippen LogP contribution in [0.2, 0.25) is 0 Å². The first-order valence-corrected chi connectivity index (χ1v) is 62.7. The molecule has 13 nitrogen and oxygen atoms in total. The van der Waals surface area contributed by atoms with Crippen molar-refractivity contribution in [2.45, 2.75) is 753 Å². The second-order valence-corrected chi connectivity index (χ2v) is 43.3. The van der Waals surface area contributed by atoms with Crippen molar-refractivity contribution in [2.75, 3.05) is 0 Å². The standard InChI is InChI=1S/C72H138O8.C54H102O5/c1-5-9-13-17-18-19-20-21-22-23-24-25-35-44-54-64-71(76)80-72(77)65-55-45-38-31-28-34-41-51-61-68(59-49-16-12-8-4)79-70(75)63-53-43-37-30-27-33-40-50-60-67(58-48-15-11-7-3)78-69(74)62-52-42-36-29-26-32-39-47-57-66(73)56-46-14-10-6-2;1-4-7-10-13-15-17-19-21-23-25-27-29-34-38-43-48-52(55)58-51(46-41-12-9-6-3)47-42-37-33-31-32-36-40-45-50-54(57)59-53(56)49-44-39-35-30-28-26-24-22-20-18-16-14-11-8-5-2/h66-68,73H,5-65H2,1-4H3;37,42,51H,4-36,38-41,43-50H2,1-3H3/b;42-37-/t;51-/m.1/s1. The molecule has 3 unspecified atom stereocenters. The van der Waals surface area contributed by atoms with Gasteiger partial charge in [0.15, 0.2) is 0 Å². The number of esters is 7. The fraction of sp³-hybridized carbons (Fsp3) is 0.929. The molecule has 0 aromatic rings. The summed E-state index contributed by atoms with van der Waals surface area (Å²) in [5.74, 6) is -1.45. The number of unbranched alkanes of at least 4 members (excludes halogenated alkanes) is 80. The minimum absolute atomic E-state index is 0.00245. The van der Waals surface area contributed by atoms with Gasteiger partial charge in [-0.25, -0.2) is 0 Å². The molecule has 0 amide bonds. The van der Waals surface area contributed by atoms with Crippen LogP contribution < -0.4 is 0 Å². The lowest BCUT2D eigenvalue weighted by molar-refractivity contribution is -0.161. The highest BCUT2D eigenvalue weighted by Crippen LogP contribution is 2.26. The van der Waals surface area contributed by atoms with Crippen LogP contribution in [0, 0.1) is 0 Å². The minimum atomic E-state index is -0.362. The Morgan fingerprint density at radius 2 is 0.309 bits per heavy atom. The monoisotopic (exact) mass is 1960 g/mol. The molecular formula is C126H240O13. The second kappa shape index (κ2) is 118. The average Bonchev–Trinajstić information content (AvgIpc) is 0.930. The summed E-state index contributed by atoms with van der Waals surface area (Å²) < 4.78 is 28.3. The first-order valence-electron chi connectivity index (χ1n) is 62.7. The summed E-state index contributed by atoms with van der Waals surface area (Å²) in [7, 11) is 0. The van der Waals surface area contributed by atoms with Gasteiger partial charge < -0.3 is 28.8 Å². The summed E-state index contributed by atoms with van der Waals surface area (Å²) in [5, 5.41) is 10.2. The van der Waals surface area contributed by atoms with Gasteiger partial charge in [0, 0.05) is 51.4 Å². The lowest BCUT2D eigenvalue weighted by atomic mass is 10.0. The van der Waals surface area contributed by atoms with Gasteiger partial charge in [-0.15, -0.1) is 0 Å². The zero-order chi connectivity index (χ0) is 101. The van der Waals surface area contributed by atoms with Crippen molar-refractivity contribution in [3.05, 3.63) is 12.2 Å². The van der Waals surface area contributed by atoms with E-state index in [2.05, 4.69) is 60.6 Å². The van der Waals surface area contributed by atoms with Crippen molar-refractivity contribution in [3.63, 3.8) is 0 Å². The second-order valence-electron chi connectivity index (χ2n) is 43.3. The number of hydrogen-bond acceptors (Lipinski definition) is 13. The minimum Gasteiger partial charge on any atom is -0.462 e. The average molecular weight is 1960 g/mol. The van der Waals surface area contributed by atoms with E-state index in [4.69, 9.17) is 23.7 Å². The van der Waals surface area contributed by atoms with E-state index in [1.165, 1.54) is 405 Å². The maximum atomic E-state index is 12.9. The van der Waals surface area contributed by atoms with Gasteiger partial charge in [0.1, 0.15) is 18.3 Å². The van der Waals surface area contributed by atoms with E-state index in [9.17, 15) is 38.7 Å². The van der Waals surface area contributed by atoms with Crippen LogP contribution in [0.15, 0.2) is 12.2 Å². The van der Waals surface area contributed by atoms with Crippen LogP contribution in [0.4, 0.5) is 0 Å². The number of allylic oxidation sites excluding steroid dienone is 1. The number of ether oxygens (including phenoxy) is 5. The Kier molecular flexibility index (Phi) is 117. The molecule has 0 spiro atoms. The van der Waals surface area contributed by atoms with E-state index >= 15 is 0 Å². The molecule has 0 saturated heterocycles. The number of aliphatic hydroxyl groups is 1. The van der Waals surface area contributed by atoms with E-state index in [1.54, 1.807) is 0 Å². The Morgan fingerprint density at radius 3 is 0.511 bits per heavy atom. The predicted molar refractivity (Wildman–Crippen MR) is 596 cm³/mol. The third-order valence-corrected chi connectivity index (χ3v) is 29.1. The zero-order valence-corrected chi connectivity index (χ0v) is 94.3. The topological polar surface area (TPSA) is 186 Å². The lowest BCUT2D eigenvalue weighted by Gasteiger charge is -2.18. The molecule has 4 atom stereocenters. The van der Waals surface area contributed by atoms with Crippen molar-refractivity contribution in [1.29, 1.82) is 0 Å². The number of carbonyl (C=O) groups is 7. The zero-order valence-electron chi connectivity index (χ0n) is 94.3. The summed E-state index contributed by atoms with van der Waals surface area (Å²) >= 11 is 0. The molecule has 0 saturated carbocycles. The highest BCUT2D eigenvalue weighted by atomic mass is 16.6. The van der Waals surface area contributed by atoms with Gasteiger partial charge in [-0.1, -0.05) is 555 Å². The van der Waals surface area contributed by atoms with Crippen LogP contribution in [0.1, 0.15) is 729 Å². The third-order valence-electron chi connectivity index (χ3n) is 29.1. The van der Waals surface area contributed by atoms with Gasteiger partial charge >= 0.3 is 41.8 Å². The van der Waals surface area contributed by atoms with E-state index in [0.717, 1.165) is 231 Å². The van der Waals surface area contributed by atoms with Gasteiger partial charge in [0.2, 0.25) is 0 Å². The van der Waals surface area contributed by atoms with E-state index in [-0.39, 0.29) is 66.2 Å². The Balaban J connectivity index is 0. The first kappa shape index (κ1) is 137. The van der Waals surface area contributed by atoms with Crippen LogP contribution in [0.25, 0.3) is 0 Å². The van der Waals surface area contributed by atoms with Crippen LogP contribution in [-0.2, 0) is 57.2 Å². The van der Waals surface area contributed by atoms with Crippen LogP contribution in [-0.4, -0.2) is 71.3 Å². The SMILES string of the molecule is CCCCCCCCCCCCCCCCCC(=O)OC(=O)CCCCCCC/C=C\C[C@@H](CCCCCC)OC(=O)CCCCCCCCCCCCCCCCC.CCCCCCCCCCCCCCCCCC(=O)OC(=O)CCCCCCCCCCC(CCCCCC)OC(=O)CCCCCCCCCCC(CCCCCC)OC(=O)CCCCCCCCCCC(O)CCCCCC. The summed E-state index contributed by atoms with van der Waals surface area (Å²) in [5.41, 5.74) is 0. The molecule has 0 aromatic heterocycles. The largest absolute Gasteiger partial charge is 0.462 e. The Morgan fingerprint density at radius 1 is 0.165 bits per heavy atom. The number of carbonyl (C=O) groups excluding carboxylic acids is 7. The molecule has 1 N–H and O–H groups in total. The molecule has 0 aliphatic heterocycles. The number of rotatable bonds is 114. The van der Waals surface area contributed by atoms with Gasteiger partial charge in [-0.05, 0) is 135 Å². The molecule has 0 rings (SSSR count). The van der Waals surface area contributed by atoms with Gasteiger partial charge in [0.25, 0.3) is 0 Å². The quantitative estimate of drug-likeness (QED) is 0.0199. The summed E-state index contributed by atoms with van der Waals surface area (Å²) in [4.78, 5) is 87.0. The molecule has 822 valence electrons. The highest BCUT2D eigenvalue weighted by Gasteiger charge is 2.20. The maximum absolute atomic E-state index is 12.9. The van der Waals surface area contributed by atoms with E-state index < -0.39 is 0 Å². The van der Waals surface area contributed by atoms with Crippen molar-refractivity contribution < 1.29 is 62.4 Å². The fourth-order valence-electron chi connectivity index (χ4n) is 19.8. The molecular weight excluding hydrogens is 1720 g/mol. The summed E-state index contributed by atoms with van der Waals surface area (Å²) in [6.07, 6.45) is 127. The molecule has 0 radical (unpaired) electrons. The van der Waals surface area contributed by atoms with Crippen molar-refractivity contribution in [2.24, 2.45) is 0 Å². The Labute approximate surface area is 864 Å². The highest BCUT2D eigenvalue weighted by molar-refractivity contribution is 5.86. The van der Waals surface area contributed by atoms with Crippen LogP contribution in [0.5, 0.6) is 0 Å². The first-order chi connectivity index (χ1) is 68.3. The molecule has 0 bridgehead atoms. The van der Waals surface area contributed by atoms with Crippen molar-refractivity contribution >= 4 is 41.8 Å². The molecule has 0 heterocycles. The number of hydrogen-bond donors (Lipinski definition) is 1. The normalized spacial score (nSPS) is 12.4. The maximum Gasteiger partial charge on any atom is 0.313 e. The van der Waals surface area contributed by atoms with Gasteiger partial charge in [-0.2, -0.15) is 0 Å². The fourth-order valence-corrected chi connectivity index (χ4v) is 19.8. The molecule has 0 aliphatic rings. The van der Waals surface area contributed by atoms with Crippen molar-refractivity contribution in [3.8, 4) is 0 Å². The molecule has 0 aromatic carbocycles. The van der Waals surface area contributed by atoms with Gasteiger partial charge in [0.05, 0.1) is 6.10 Å². The molecule has 139 heavy (non-hydrogen) atoms. The van der Waals surface area contributed by atoms with Crippen molar-refractivity contribution in [1.82, 2.24) is 0 Å². The van der Waals surface area contributed by atoms with Crippen LogP contribution >= 0.6 is 0 Å². The smallest absolute Gasteiger partial charge is 0.313 e. The molecule has 13 heteroatoms. The lowest BCUT2D eigenvalue weighted by Crippen LogP contribution is -2.18. The van der Waals surface area contributed by atoms with E-state index in [1.807, 2.05) is 0 Å². The number of aliphatic hydroxyl groups excluding tert-OH is 1. The van der Waals surface area contributed by atoms with E-state index in [0.29, 0.717) is 44.9 Å². The van der Waals surface area contributed by atoms with Crippen LogP contribution in [0.3, 0.4) is 0 Å². The summed E-state index contributed by atoms with van der Waals surface area (Å²) in [6.45, 7) is 15.8. The Hall–Kier alpha value is -3.61. The molecule has 0 aliphatic carbocycles. The predicted octanol–water partition coefficient (Wildman–Crippen LogP) is 41.3.